The lowest BCUT2D eigenvalue weighted by Gasteiger charge is -2.44. The number of benzene rings is 1. The Morgan fingerprint density at radius 2 is 2.14 bits per heavy atom. The number of phenolic OH excluding ortho intramolecular Hbond substituents is 1. The molecule has 2 aliphatic rings. The summed E-state index contributed by atoms with van der Waals surface area (Å²) in [5.41, 5.74) is 1.10. The molecule has 2 aliphatic heterocycles. The van der Waals surface area contributed by atoms with Crippen LogP contribution in [0, 0.1) is 0 Å². The van der Waals surface area contributed by atoms with Crippen molar-refractivity contribution in [3.63, 3.8) is 0 Å². The van der Waals surface area contributed by atoms with Crippen LogP contribution >= 0.6 is 11.6 Å². The van der Waals surface area contributed by atoms with E-state index in [1.54, 1.807) is 7.11 Å². The van der Waals surface area contributed by atoms with Crippen molar-refractivity contribution in [2.24, 2.45) is 0 Å². The molecule has 1 aromatic rings. The molecule has 2 saturated heterocycles. The highest BCUT2D eigenvalue weighted by Crippen LogP contribution is 2.35. The van der Waals surface area contributed by atoms with E-state index in [0.717, 1.165) is 31.7 Å². The summed E-state index contributed by atoms with van der Waals surface area (Å²) in [6, 6.07) is 4.43. The van der Waals surface area contributed by atoms with Gasteiger partial charge in [-0.1, -0.05) is 18.0 Å². The van der Waals surface area contributed by atoms with Crippen molar-refractivity contribution in [2.45, 2.75) is 31.8 Å². The van der Waals surface area contributed by atoms with Gasteiger partial charge in [0, 0.05) is 32.2 Å². The van der Waals surface area contributed by atoms with Gasteiger partial charge >= 0.3 is 0 Å². The fourth-order valence-corrected chi connectivity index (χ4v) is 3.73. The largest absolute Gasteiger partial charge is 0.503 e. The smallest absolute Gasteiger partial charge is 0.176 e. The van der Waals surface area contributed by atoms with Crippen molar-refractivity contribution in [2.75, 3.05) is 33.3 Å². The summed E-state index contributed by atoms with van der Waals surface area (Å²) in [7, 11) is 1.55. The molecule has 1 atom stereocenters. The van der Waals surface area contributed by atoms with Crippen molar-refractivity contribution in [1.29, 1.82) is 0 Å². The first-order chi connectivity index (χ1) is 10.2. The van der Waals surface area contributed by atoms with Crippen LogP contribution in [0.5, 0.6) is 11.5 Å². The number of methoxy groups -OCH3 is 1. The Kier molecular flexibility index (Phi) is 4.57. The molecule has 0 bridgehead atoms. The molecule has 0 aromatic heterocycles. The maximum absolute atomic E-state index is 9.80. The zero-order valence-electron chi connectivity index (χ0n) is 12.5. The van der Waals surface area contributed by atoms with Crippen LogP contribution < -0.4 is 4.74 Å². The van der Waals surface area contributed by atoms with E-state index in [4.69, 9.17) is 16.3 Å². The van der Waals surface area contributed by atoms with E-state index >= 15 is 0 Å². The SMILES string of the molecule is COc1cc(CN2CCN3CCCCC3C2)cc(Cl)c1O. The maximum Gasteiger partial charge on any atom is 0.176 e. The second-order valence-electron chi connectivity index (χ2n) is 6.05. The van der Waals surface area contributed by atoms with Crippen molar-refractivity contribution in [3.05, 3.63) is 22.7 Å². The van der Waals surface area contributed by atoms with E-state index in [9.17, 15) is 5.11 Å². The van der Waals surface area contributed by atoms with E-state index in [1.165, 1.54) is 25.8 Å². The Hall–Kier alpha value is -0.970. The molecule has 4 nitrogen and oxygen atoms in total. The molecule has 3 rings (SSSR count). The van der Waals surface area contributed by atoms with Gasteiger partial charge in [-0.15, -0.1) is 0 Å². The van der Waals surface area contributed by atoms with Crippen molar-refractivity contribution in [3.8, 4) is 11.5 Å². The Morgan fingerprint density at radius 1 is 1.29 bits per heavy atom. The van der Waals surface area contributed by atoms with E-state index in [-0.39, 0.29) is 5.75 Å². The highest BCUT2D eigenvalue weighted by atomic mass is 35.5. The Morgan fingerprint density at radius 3 is 2.95 bits per heavy atom. The van der Waals surface area contributed by atoms with Gasteiger partial charge in [-0.05, 0) is 37.1 Å². The zero-order chi connectivity index (χ0) is 14.8. The minimum Gasteiger partial charge on any atom is -0.503 e. The average Bonchev–Trinajstić information content (AvgIpc) is 2.50. The molecule has 0 aliphatic carbocycles. The van der Waals surface area contributed by atoms with Gasteiger partial charge in [0.1, 0.15) is 0 Å². The van der Waals surface area contributed by atoms with E-state index in [1.807, 2.05) is 12.1 Å². The summed E-state index contributed by atoms with van der Waals surface area (Å²) in [5.74, 6) is 0.480. The molecule has 2 fully saturated rings. The molecule has 21 heavy (non-hydrogen) atoms. The van der Waals surface area contributed by atoms with Crippen molar-refractivity contribution in [1.82, 2.24) is 9.80 Å². The van der Waals surface area contributed by atoms with Crippen molar-refractivity contribution >= 4 is 11.6 Å². The number of nitrogens with zero attached hydrogens (tertiary/aromatic N) is 2. The standard InChI is InChI=1S/C16H23ClN2O2/c1-21-15-9-12(8-14(17)16(15)20)10-18-6-7-19-5-3-2-4-13(19)11-18/h8-9,13,20H,2-7,10-11H2,1H3. The predicted molar refractivity (Wildman–Crippen MR) is 84.2 cm³/mol. The van der Waals surface area contributed by atoms with E-state index in [0.29, 0.717) is 16.8 Å². The number of piperazine rings is 1. The normalized spacial score (nSPS) is 23.8. The van der Waals surface area contributed by atoms with Gasteiger partial charge in [-0.25, -0.2) is 0 Å². The highest BCUT2D eigenvalue weighted by Gasteiger charge is 2.28. The first-order valence-corrected chi connectivity index (χ1v) is 8.07. The Bertz CT molecular complexity index is 509. The number of hydrogen-bond acceptors (Lipinski definition) is 4. The van der Waals surface area contributed by atoms with Crippen LogP contribution in [0.3, 0.4) is 0 Å². The lowest BCUT2D eigenvalue weighted by atomic mass is 9.99. The zero-order valence-corrected chi connectivity index (χ0v) is 13.3. The Balaban J connectivity index is 1.68. The van der Waals surface area contributed by atoms with Crippen LogP contribution in [0.4, 0.5) is 0 Å². The third-order valence-corrected chi connectivity index (χ3v) is 4.92. The number of ether oxygens (including phenoxy) is 1. The number of piperidine rings is 1. The van der Waals surface area contributed by atoms with Crippen LogP contribution in [0.1, 0.15) is 24.8 Å². The summed E-state index contributed by atoms with van der Waals surface area (Å²) < 4.78 is 5.18. The summed E-state index contributed by atoms with van der Waals surface area (Å²) in [6.45, 7) is 5.50. The minimum absolute atomic E-state index is 0.0278. The average molecular weight is 311 g/mol. The highest BCUT2D eigenvalue weighted by molar-refractivity contribution is 6.32. The maximum atomic E-state index is 9.80. The number of aromatic hydroxyl groups is 1. The van der Waals surface area contributed by atoms with Gasteiger partial charge in [0.05, 0.1) is 12.1 Å². The van der Waals surface area contributed by atoms with Crippen LogP contribution in [0.15, 0.2) is 12.1 Å². The molecule has 1 N–H and O–H groups in total. The third-order valence-electron chi connectivity index (χ3n) is 4.64. The molecular weight excluding hydrogens is 288 g/mol. The number of hydrogen-bond donors (Lipinski definition) is 1. The molecule has 0 saturated carbocycles. The molecule has 0 amide bonds. The molecule has 2 heterocycles. The first kappa shape index (κ1) is 14.9. The predicted octanol–water partition coefficient (Wildman–Crippen LogP) is 2.72. The lowest BCUT2D eigenvalue weighted by Crippen LogP contribution is -2.54. The molecule has 0 spiro atoms. The molecule has 116 valence electrons. The topological polar surface area (TPSA) is 35.9 Å². The fourth-order valence-electron chi connectivity index (χ4n) is 3.50. The van der Waals surface area contributed by atoms with Gasteiger partial charge < -0.3 is 9.84 Å². The van der Waals surface area contributed by atoms with Gasteiger partial charge in [0.25, 0.3) is 0 Å². The minimum atomic E-state index is 0.0278. The summed E-state index contributed by atoms with van der Waals surface area (Å²) in [5, 5.41) is 10.2. The molecule has 1 aromatic carbocycles. The number of halogens is 1. The third kappa shape index (κ3) is 3.28. The quantitative estimate of drug-likeness (QED) is 0.931. The van der Waals surface area contributed by atoms with Gasteiger partial charge in [-0.2, -0.15) is 0 Å². The van der Waals surface area contributed by atoms with Crippen LogP contribution in [-0.2, 0) is 6.54 Å². The summed E-state index contributed by atoms with van der Waals surface area (Å²) in [6.07, 6.45) is 4.02. The summed E-state index contributed by atoms with van der Waals surface area (Å²) >= 11 is 6.07. The van der Waals surface area contributed by atoms with E-state index < -0.39 is 0 Å². The van der Waals surface area contributed by atoms with Gasteiger partial charge in [0.2, 0.25) is 0 Å². The van der Waals surface area contributed by atoms with Crippen molar-refractivity contribution < 1.29 is 9.84 Å². The van der Waals surface area contributed by atoms with Gasteiger partial charge in [0.15, 0.2) is 11.5 Å². The molecule has 1 unspecified atom stereocenters. The second-order valence-corrected chi connectivity index (χ2v) is 6.46. The van der Waals surface area contributed by atoms with Crippen LogP contribution in [0.2, 0.25) is 5.02 Å². The molecule has 5 heteroatoms. The first-order valence-electron chi connectivity index (χ1n) is 7.69. The molecule has 0 radical (unpaired) electrons. The number of fused-ring (bicyclic) bond motifs is 1. The fraction of sp³-hybridized carbons (Fsp3) is 0.625. The number of phenols is 1. The van der Waals surface area contributed by atoms with Gasteiger partial charge in [-0.3, -0.25) is 9.80 Å². The monoisotopic (exact) mass is 310 g/mol. The lowest BCUT2D eigenvalue weighted by molar-refractivity contribution is 0.0456. The van der Waals surface area contributed by atoms with E-state index in [2.05, 4.69) is 9.80 Å². The number of rotatable bonds is 3. The summed E-state index contributed by atoms with van der Waals surface area (Å²) in [4.78, 5) is 5.11. The Labute approximate surface area is 131 Å². The molecular formula is C16H23ClN2O2. The second kappa shape index (κ2) is 6.42. The van der Waals surface area contributed by atoms with Crippen LogP contribution in [-0.4, -0.2) is 54.2 Å². The van der Waals surface area contributed by atoms with Crippen LogP contribution in [0.25, 0.3) is 0 Å².